The average molecular weight is 455 g/mol. The molecule has 0 unspecified atom stereocenters. The van der Waals surface area contributed by atoms with Crippen molar-refractivity contribution in [2.45, 2.75) is 41.2 Å². The molecule has 0 amide bonds. The average Bonchev–Trinajstić information content (AvgIpc) is 2.63. The molecule has 0 aliphatic carbocycles. The number of rotatable bonds is 5. The van der Waals surface area contributed by atoms with Crippen molar-refractivity contribution < 1.29 is 5.11 Å². The Morgan fingerprint density at radius 3 is 2.08 bits per heavy atom. The van der Waals surface area contributed by atoms with Crippen LogP contribution in [0.15, 0.2) is 70.5 Å². The quantitative estimate of drug-likeness (QED) is 0.501. The lowest BCUT2D eigenvalue weighted by molar-refractivity contribution is 0.100. The van der Waals surface area contributed by atoms with Gasteiger partial charge in [0, 0.05) is 41.2 Å². The maximum atomic E-state index is 11.1. The third-order valence-corrected chi connectivity index (χ3v) is 9.79. The van der Waals surface area contributed by atoms with Crippen LogP contribution in [0.1, 0.15) is 19.3 Å². The molecule has 1 fully saturated rings. The largest absolute Gasteiger partial charge is 0.391 e. The summed E-state index contributed by atoms with van der Waals surface area (Å²) in [6.07, 6.45) is 5.63. The van der Waals surface area contributed by atoms with Crippen molar-refractivity contribution >= 4 is 32.9 Å². The maximum absolute atomic E-state index is 11.1. The minimum Gasteiger partial charge on any atom is -0.391 e. The molecule has 130 valence electrons. The van der Waals surface area contributed by atoms with Crippen LogP contribution in [0.2, 0.25) is 0 Å². The van der Waals surface area contributed by atoms with Crippen molar-refractivity contribution in [2.24, 2.45) is 0 Å². The van der Waals surface area contributed by atoms with E-state index >= 15 is 0 Å². The molecule has 0 saturated carbocycles. The Morgan fingerprint density at radius 2 is 1.58 bits per heavy atom. The van der Waals surface area contributed by atoms with E-state index in [0.717, 1.165) is 18.7 Å². The van der Waals surface area contributed by atoms with Gasteiger partial charge in [0.15, 0.2) is 0 Å². The molecule has 24 heavy (non-hydrogen) atoms. The van der Waals surface area contributed by atoms with E-state index in [2.05, 4.69) is 92.9 Å². The van der Waals surface area contributed by atoms with Crippen LogP contribution >= 0.6 is 32.9 Å². The standard InChI is InChI=1S/C20H26INOS/c1-24(17-10-4-2-5-11-17,18-12-6-3-7-13-18)16-20(23)19-14-8-9-15-22(19)21/h2-7,10-13,19-20,23H,8-9,14-16H2,1H3/t19-,20-/m0/s1. The van der Waals surface area contributed by atoms with Crippen LogP contribution in [-0.2, 0) is 0 Å². The smallest absolute Gasteiger partial charge is 0.0785 e. The number of aliphatic hydroxyl groups is 1. The van der Waals surface area contributed by atoms with Gasteiger partial charge in [-0.2, -0.15) is 10.0 Å². The van der Waals surface area contributed by atoms with Crippen molar-refractivity contribution in [3.8, 4) is 0 Å². The topological polar surface area (TPSA) is 23.5 Å². The highest BCUT2D eigenvalue weighted by Gasteiger charge is 2.33. The van der Waals surface area contributed by atoms with E-state index in [1.54, 1.807) is 0 Å². The van der Waals surface area contributed by atoms with E-state index < -0.39 is 10.0 Å². The van der Waals surface area contributed by atoms with E-state index in [9.17, 15) is 5.11 Å². The second kappa shape index (κ2) is 8.21. The first-order valence-corrected chi connectivity index (χ1v) is 11.8. The van der Waals surface area contributed by atoms with Crippen LogP contribution in [0.5, 0.6) is 0 Å². The van der Waals surface area contributed by atoms with E-state index in [4.69, 9.17) is 0 Å². The molecule has 2 nitrogen and oxygen atoms in total. The van der Waals surface area contributed by atoms with Gasteiger partial charge in [0.25, 0.3) is 0 Å². The van der Waals surface area contributed by atoms with Gasteiger partial charge in [-0.05, 0) is 53.2 Å². The Balaban J connectivity index is 1.91. The van der Waals surface area contributed by atoms with Crippen LogP contribution in [0.25, 0.3) is 0 Å². The van der Waals surface area contributed by atoms with Crippen LogP contribution < -0.4 is 0 Å². The van der Waals surface area contributed by atoms with Crippen LogP contribution in [-0.4, -0.2) is 38.9 Å². The van der Waals surface area contributed by atoms with Crippen LogP contribution in [0.4, 0.5) is 0 Å². The molecule has 1 N–H and O–H groups in total. The zero-order chi connectivity index (χ0) is 17.0. The maximum Gasteiger partial charge on any atom is 0.0785 e. The van der Waals surface area contributed by atoms with Crippen LogP contribution in [0, 0.1) is 0 Å². The summed E-state index contributed by atoms with van der Waals surface area (Å²) in [6, 6.07) is 21.7. The lowest BCUT2D eigenvalue weighted by Gasteiger charge is -2.42. The third-order valence-electron chi connectivity index (χ3n) is 4.96. The van der Waals surface area contributed by atoms with Crippen molar-refractivity contribution in [3.05, 3.63) is 60.7 Å². The van der Waals surface area contributed by atoms with E-state index in [0.29, 0.717) is 0 Å². The number of halogens is 1. The molecule has 4 heteroatoms. The minimum absolute atomic E-state index is 0.276. The number of aliphatic hydroxyl groups excluding tert-OH is 1. The fourth-order valence-electron chi connectivity index (χ4n) is 3.52. The molecule has 2 aromatic rings. The monoisotopic (exact) mass is 455 g/mol. The van der Waals surface area contributed by atoms with Gasteiger partial charge in [-0.1, -0.05) is 42.8 Å². The summed E-state index contributed by atoms with van der Waals surface area (Å²) in [6.45, 7) is 1.09. The Kier molecular flexibility index (Phi) is 6.24. The second-order valence-electron chi connectivity index (χ2n) is 6.63. The van der Waals surface area contributed by atoms with Gasteiger partial charge in [0.1, 0.15) is 0 Å². The van der Waals surface area contributed by atoms with Gasteiger partial charge < -0.3 is 5.11 Å². The summed E-state index contributed by atoms with van der Waals surface area (Å²) in [4.78, 5) is 2.71. The molecule has 3 rings (SSSR count). The van der Waals surface area contributed by atoms with Gasteiger partial charge in [-0.25, -0.2) is 3.11 Å². The molecule has 0 radical (unpaired) electrons. The molecule has 0 spiro atoms. The normalized spacial score (nSPS) is 21.4. The van der Waals surface area contributed by atoms with E-state index in [1.807, 2.05) is 0 Å². The predicted octanol–water partition coefficient (Wildman–Crippen LogP) is 5.10. The molecule has 0 bridgehead atoms. The van der Waals surface area contributed by atoms with Gasteiger partial charge in [0.05, 0.1) is 6.10 Å². The van der Waals surface area contributed by atoms with E-state index in [1.165, 1.54) is 22.6 Å². The number of nitrogens with zero attached hydrogens (tertiary/aromatic N) is 1. The zero-order valence-corrected chi connectivity index (χ0v) is 17.1. The van der Waals surface area contributed by atoms with Gasteiger partial charge in [0.2, 0.25) is 0 Å². The highest BCUT2D eigenvalue weighted by molar-refractivity contribution is 14.1. The van der Waals surface area contributed by atoms with Gasteiger partial charge in [-0.15, -0.1) is 0 Å². The molecule has 2 aromatic carbocycles. The molecular formula is C20H26INOS. The molecule has 2 atom stereocenters. The minimum atomic E-state index is -1.25. The first kappa shape index (κ1) is 18.2. The van der Waals surface area contributed by atoms with Gasteiger partial charge in [-0.3, -0.25) is 0 Å². The summed E-state index contributed by atoms with van der Waals surface area (Å²) in [5.74, 6) is 0.825. The zero-order valence-electron chi connectivity index (χ0n) is 14.1. The lowest BCUT2D eigenvalue weighted by atomic mass is 10.0. The Labute approximate surface area is 161 Å². The first-order chi connectivity index (χ1) is 11.6. The molecule has 1 aliphatic rings. The summed E-state index contributed by atoms with van der Waals surface area (Å²) < 4.78 is 2.32. The number of benzene rings is 2. The lowest BCUT2D eigenvalue weighted by Crippen LogP contribution is -2.43. The van der Waals surface area contributed by atoms with Crippen molar-refractivity contribution in [3.63, 3.8) is 0 Å². The molecule has 1 aliphatic heterocycles. The Morgan fingerprint density at radius 1 is 1.04 bits per heavy atom. The number of hydrogen-bond acceptors (Lipinski definition) is 2. The third kappa shape index (κ3) is 3.98. The fourth-order valence-corrected chi connectivity index (χ4v) is 7.59. The molecule has 1 heterocycles. The number of hydrogen-bond donors (Lipinski definition) is 1. The first-order valence-electron chi connectivity index (χ1n) is 8.58. The molecular weight excluding hydrogens is 429 g/mol. The summed E-state index contributed by atoms with van der Waals surface area (Å²) in [5.41, 5.74) is 0. The highest BCUT2D eigenvalue weighted by atomic mass is 127. The fraction of sp³-hybridized carbons (Fsp3) is 0.400. The van der Waals surface area contributed by atoms with Crippen molar-refractivity contribution in [2.75, 3.05) is 18.6 Å². The molecule has 1 saturated heterocycles. The summed E-state index contributed by atoms with van der Waals surface area (Å²) in [7, 11) is -1.25. The highest BCUT2D eigenvalue weighted by Crippen LogP contribution is 2.60. The predicted molar refractivity (Wildman–Crippen MR) is 112 cm³/mol. The Bertz CT molecular complexity index is 597. The summed E-state index contributed by atoms with van der Waals surface area (Å²) >= 11 is 2.40. The van der Waals surface area contributed by atoms with Gasteiger partial charge >= 0.3 is 0 Å². The Hall–Kier alpha value is -0.560. The van der Waals surface area contributed by atoms with Crippen molar-refractivity contribution in [1.82, 2.24) is 3.11 Å². The SMILES string of the molecule is CS(C[C@H](O)[C@@H]1CCCCN1I)(c1ccccc1)c1ccccc1. The number of piperidine rings is 1. The van der Waals surface area contributed by atoms with Crippen molar-refractivity contribution in [1.29, 1.82) is 0 Å². The molecule has 0 aromatic heterocycles. The van der Waals surface area contributed by atoms with Crippen LogP contribution in [0.3, 0.4) is 0 Å². The van der Waals surface area contributed by atoms with E-state index in [-0.39, 0.29) is 12.1 Å². The summed E-state index contributed by atoms with van der Waals surface area (Å²) in [5, 5.41) is 11.1. The second-order valence-corrected chi connectivity index (χ2v) is 11.3.